The highest BCUT2D eigenvalue weighted by Crippen LogP contribution is 2.39. The van der Waals surface area contributed by atoms with E-state index in [2.05, 4.69) is 4.90 Å². The van der Waals surface area contributed by atoms with E-state index in [1.165, 1.54) is 12.8 Å². The lowest BCUT2D eigenvalue weighted by Crippen LogP contribution is -2.59. The molecule has 7 heteroatoms. The lowest BCUT2D eigenvalue weighted by atomic mass is 9.66. The Hall–Kier alpha value is -0.625. The maximum atomic E-state index is 11.7. The van der Waals surface area contributed by atoms with E-state index in [0.29, 0.717) is 12.8 Å². The fraction of sp³-hybridized carbons (Fsp3) is 0.929. The van der Waals surface area contributed by atoms with Crippen LogP contribution < -0.4 is 5.73 Å². The van der Waals surface area contributed by atoms with E-state index in [-0.39, 0.29) is 18.2 Å². The number of nitrogens with two attached hydrogens (primary N) is 1. The van der Waals surface area contributed by atoms with E-state index in [4.69, 9.17) is 15.8 Å². The third-order valence-electron chi connectivity index (χ3n) is 5.19. The van der Waals surface area contributed by atoms with Crippen molar-refractivity contribution in [1.29, 1.82) is 0 Å². The number of hydrogen-bond acceptors (Lipinski definition) is 5. The highest BCUT2D eigenvalue weighted by atomic mass is 16.4. The Balaban J connectivity index is 1.97. The predicted octanol–water partition coefficient (Wildman–Crippen LogP) is 0.143. The Morgan fingerprint density at radius 2 is 1.95 bits per heavy atom. The van der Waals surface area contributed by atoms with Gasteiger partial charge in [-0.15, -0.1) is 0 Å². The summed E-state index contributed by atoms with van der Waals surface area (Å²) in [5.74, 6) is -0.757. The molecule has 120 valence electrons. The van der Waals surface area contributed by atoms with Gasteiger partial charge in [-0.1, -0.05) is 6.42 Å². The van der Waals surface area contributed by atoms with Gasteiger partial charge in [0, 0.05) is 12.5 Å². The molecule has 1 heterocycles. The van der Waals surface area contributed by atoms with Crippen LogP contribution in [0, 0.1) is 11.8 Å². The SMILES string of the molecule is N[C@]1(C(=O)O)C[C@H](CCB(O)O)CCC1CN1CCCC1. The van der Waals surface area contributed by atoms with Crippen molar-refractivity contribution in [2.75, 3.05) is 19.6 Å². The minimum absolute atomic E-state index is 0.0107. The number of carboxylic acid groups (broad SMARTS) is 1. The van der Waals surface area contributed by atoms with Crippen molar-refractivity contribution in [2.45, 2.75) is 50.4 Å². The molecule has 21 heavy (non-hydrogen) atoms. The lowest BCUT2D eigenvalue weighted by molar-refractivity contribution is -0.148. The van der Waals surface area contributed by atoms with Gasteiger partial charge in [-0.25, -0.2) is 0 Å². The largest absolute Gasteiger partial charge is 0.480 e. The molecular weight excluding hydrogens is 271 g/mol. The normalized spacial score (nSPS) is 34.0. The van der Waals surface area contributed by atoms with E-state index in [1.54, 1.807) is 0 Å². The summed E-state index contributed by atoms with van der Waals surface area (Å²) in [7, 11) is -1.32. The molecule has 1 saturated heterocycles. The molecule has 6 nitrogen and oxygen atoms in total. The number of rotatable bonds is 6. The summed E-state index contributed by atoms with van der Waals surface area (Å²) in [4.78, 5) is 14.0. The minimum Gasteiger partial charge on any atom is -0.480 e. The van der Waals surface area contributed by atoms with E-state index < -0.39 is 18.6 Å². The van der Waals surface area contributed by atoms with Crippen LogP contribution in [0.2, 0.25) is 6.32 Å². The second-order valence-corrected chi connectivity index (χ2v) is 6.76. The van der Waals surface area contributed by atoms with Gasteiger partial charge in [0.2, 0.25) is 0 Å². The fourth-order valence-corrected chi connectivity index (χ4v) is 3.87. The van der Waals surface area contributed by atoms with Crippen LogP contribution in [-0.4, -0.2) is 58.3 Å². The first-order valence-electron chi connectivity index (χ1n) is 8.02. The number of likely N-dealkylation sites (tertiary alicyclic amines) is 1. The van der Waals surface area contributed by atoms with Gasteiger partial charge in [0.05, 0.1) is 0 Å². The molecule has 0 aromatic rings. The van der Waals surface area contributed by atoms with Gasteiger partial charge in [-0.2, -0.15) is 0 Å². The molecule has 0 bridgehead atoms. The molecule has 1 aliphatic carbocycles. The van der Waals surface area contributed by atoms with Crippen LogP contribution in [0.1, 0.15) is 38.5 Å². The summed E-state index contributed by atoms with van der Waals surface area (Å²) >= 11 is 0. The number of nitrogens with zero attached hydrogens (tertiary/aromatic N) is 1. The molecule has 2 aliphatic rings. The van der Waals surface area contributed by atoms with Crippen LogP contribution in [0.25, 0.3) is 0 Å². The first-order chi connectivity index (χ1) is 9.91. The fourth-order valence-electron chi connectivity index (χ4n) is 3.87. The van der Waals surface area contributed by atoms with Crippen molar-refractivity contribution in [3.8, 4) is 0 Å². The summed E-state index contributed by atoms with van der Waals surface area (Å²) in [6.07, 6.45) is 5.47. The lowest BCUT2D eigenvalue weighted by Gasteiger charge is -2.43. The van der Waals surface area contributed by atoms with Crippen molar-refractivity contribution in [2.24, 2.45) is 17.6 Å². The third-order valence-corrected chi connectivity index (χ3v) is 5.19. The van der Waals surface area contributed by atoms with Crippen LogP contribution in [0.15, 0.2) is 0 Å². The zero-order chi connectivity index (χ0) is 15.5. The molecule has 3 atom stereocenters. The van der Waals surface area contributed by atoms with Crippen molar-refractivity contribution >= 4 is 13.1 Å². The van der Waals surface area contributed by atoms with Crippen molar-refractivity contribution in [1.82, 2.24) is 4.90 Å². The summed E-state index contributed by atoms with van der Waals surface area (Å²) in [5, 5.41) is 27.5. The highest BCUT2D eigenvalue weighted by Gasteiger charge is 2.47. The molecule has 1 aliphatic heterocycles. The van der Waals surface area contributed by atoms with Gasteiger partial charge >= 0.3 is 13.1 Å². The zero-order valence-electron chi connectivity index (χ0n) is 12.6. The second-order valence-electron chi connectivity index (χ2n) is 6.76. The van der Waals surface area contributed by atoms with Crippen LogP contribution in [0.4, 0.5) is 0 Å². The average Bonchev–Trinajstić information content (AvgIpc) is 2.92. The third kappa shape index (κ3) is 4.19. The van der Waals surface area contributed by atoms with Crippen molar-refractivity contribution in [3.63, 3.8) is 0 Å². The first kappa shape index (κ1) is 16.7. The number of hydrogen-bond donors (Lipinski definition) is 4. The molecule has 0 amide bonds. The predicted molar refractivity (Wildman–Crippen MR) is 80.7 cm³/mol. The summed E-state index contributed by atoms with van der Waals surface area (Å²) in [6.45, 7) is 2.87. The van der Waals surface area contributed by atoms with Gasteiger partial charge < -0.3 is 25.8 Å². The highest BCUT2D eigenvalue weighted by molar-refractivity contribution is 6.40. The van der Waals surface area contributed by atoms with Crippen LogP contribution in [0.3, 0.4) is 0 Å². The minimum atomic E-state index is -1.32. The second kappa shape index (κ2) is 7.09. The smallest absolute Gasteiger partial charge is 0.451 e. The maximum Gasteiger partial charge on any atom is 0.451 e. The van der Waals surface area contributed by atoms with E-state index in [9.17, 15) is 9.90 Å². The molecule has 2 rings (SSSR count). The Bertz CT molecular complexity index is 363. The first-order valence-corrected chi connectivity index (χ1v) is 8.02. The quantitative estimate of drug-likeness (QED) is 0.520. The number of carboxylic acids is 1. The molecule has 1 unspecified atom stereocenters. The summed E-state index contributed by atoms with van der Waals surface area (Å²) in [5.41, 5.74) is 5.10. The molecule has 0 radical (unpaired) electrons. The summed E-state index contributed by atoms with van der Waals surface area (Å²) in [6, 6.07) is 0. The molecule has 0 aromatic carbocycles. The van der Waals surface area contributed by atoms with Crippen molar-refractivity contribution < 1.29 is 19.9 Å². The topological polar surface area (TPSA) is 107 Å². The standard InChI is InChI=1S/C14H27BN2O4/c16-14(13(18)19)9-11(5-6-15(20)21)3-4-12(14)10-17-7-1-2-8-17/h11-12,20-21H,1-10,16H2,(H,18,19)/t11-,12?,14+/m0/s1. The van der Waals surface area contributed by atoms with Crippen LogP contribution >= 0.6 is 0 Å². The molecule has 5 N–H and O–H groups in total. The molecule has 2 fully saturated rings. The molecular formula is C14H27BN2O4. The average molecular weight is 298 g/mol. The summed E-state index contributed by atoms with van der Waals surface area (Å²) < 4.78 is 0. The Morgan fingerprint density at radius 3 is 2.52 bits per heavy atom. The van der Waals surface area contributed by atoms with Gasteiger partial charge in [0.1, 0.15) is 5.54 Å². The molecule has 0 spiro atoms. The van der Waals surface area contributed by atoms with E-state index in [0.717, 1.165) is 32.5 Å². The van der Waals surface area contributed by atoms with Gasteiger partial charge in [-0.05, 0) is 57.4 Å². The number of aliphatic carboxylic acids is 1. The Kier molecular flexibility index (Phi) is 5.65. The van der Waals surface area contributed by atoms with Crippen LogP contribution in [-0.2, 0) is 4.79 Å². The Labute approximate surface area is 126 Å². The molecule has 0 aromatic heterocycles. The van der Waals surface area contributed by atoms with Gasteiger partial charge in [0.25, 0.3) is 0 Å². The van der Waals surface area contributed by atoms with E-state index >= 15 is 0 Å². The van der Waals surface area contributed by atoms with Gasteiger partial charge in [-0.3, -0.25) is 4.79 Å². The van der Waals surface area contributed by atoms with Crippen LogP contribution in [0.5, 0.6) is 0 Å². The van der Waals surface area contributed by atoms with Gasteiger partial charge in [0.15, 0.2) is 0 Å². The van der Waals surface area contributed by atoms with E-state index in [1.807, 2.05) is 0 Å². The molecule has 1 saturated carbocycles. The maximum absolute atomic E-state index is 11.7. The van der Waals surface area contributed by atoms with Crippen molar-refractivity contribution in [3.05, 3.63) is 0 Å². The zero-order valence-corrected chi connectivity index (χ0v) is 12.6. The number of carbonyl (C=O) groups is 1. The monoisotopic (exact) mass is 298 g/mol. The Morgan fingerprint density at radius 1 is 1.29 bits per heavy atom.